The third kappa shape index (κ3) is 5.70. The monoisotopic (exact) mass is 476 g/mol. The van der Waals surface area contributed by atoms with Crippen LogP contribution in [0.2, 0.25) is 0 Å². The quantitative estimate of drug-likeness (QED) is 0.348. The molecular weight excluding hydrogens is 446 g/mol. The molecule has 1 aliphatic carbocycles. The number of nitrogens with zero attached hydrogens (tertiary/aromatic N) is 2. The number of benzene rings is 1. The van der Waals surface area contributed by atoms with Crippen molar-refractivity contribution >= 4 is 35.6 Å². The number of rotatable bonds is 5. The van der Waals surface area contributed by atoms with Crippen LogP contribution in [0.3, 0.4) is 0 Å². The first-order valence-corrected chi connectivity index (χ1v) is 9.33. The van der Waals surface area contributed by atoms with Gasteiger partial charge in [0.25, 0.3) is 0 Å². The van der Waals surface area contributed by atoms with Crippen LogP contribution in [-0.4, -0.2) is 42.8 Å². The van der Waals surface area contributed by atoms with Crippen molar-refractivity contribution in [1.82, 2.24) is 10.6 Å². The smallest absolute Gasteiger partial charge is 0.191 e. The highest BCUT2D eigenvalue weighted by molar-refractivity contribution is 14.0. The van der Waals surface area contributed by atoms with E-state index < -0.39 is 0 Å². The molecule has 1 saturated heterocycles. The molecule has 1 aromatic rings. The predicted octanol–water partition coefficient (Wildman–Crippen LogP) is 2.87. The van der Waals surface area contributed by atoms with Gasteiger partial charge in [-0.3, -0.25) is 0 Å². The molecule has 0 aromatic heterocycles. The molecule has 2 fully saturated rings. The van der Waals surface area contributed by atoms with Crippen LogP contribution in [0.4, 0.5) is 10.1 Å². The zero-order valence-electron chi connectivity index (χ0n) is 15.5. The van der Waals surface area contributed by atoms with Crippen molar-refractivity contribution in [3.8, 4) is 0 Å². The molecule has 146 valence electrons. The summed E-state index contributed by atoms with van der Waals surface area (Å²) < 4.78 is 14.5. The van der Waals surface area contributed by atoms with E-state index in [2.05, 4.69) is 22.5 Å². The fourth-order valence-electron chi connectivity index (χ4n) is 3.20. The van der Waals surface area contributed by atoms with E-state index in [9.17, 15) is 9.50 Å². The Bertz CT molecular complexity index is 620. The third-order valence-electron chi connectivity index (χ3n) is 5.01. The molecule has 1 heterocycles. The number of hydrogen-bond acceptors (Lipinski definition) is 3. The van der Waals surface area contributed by atoms with Gasteiger partial charge in [-0.15, -0.1) is 24.0 Å². The minimum Gasteiger partial charge on any atom is -0.393 e. The van der Waals surface area contributed by atoms with Gasteiger partial charge in [0.2, 0.25) is 0 Å². The number of piperidine rings is 1. The molecule has 0 amide bonds. The molecule has 26 heavy (non-hydrogen) atoms. The SMILES string of the molecule is CCNC(=NCc1ccc(N2CCC(O)CC2)c(F)c1)NC1CC1C.I. The fourth-order valence-corrected chi connectivity index (χ4v) is 3.20. The summed E-state index contributed by atoms with van der Waals surface area (Å²) in [6.45, 7) is 6.91. The van der Waals surface area contributed by atoms with Gasteiger partial charge in [-0.25, -0.2) is 9.38 Å². The van der Waals surface area contributed by atoms with Gasteiger partial charge < -0.3 is 20.6 Å². The van der Waals surface area contributed by atoms with Gasteiger partial charge in [0, 0.05) is 25.7 Å². The molecule has 0 bridgehead atoms. The van der Waals surface area contributed by atoms with Crippen molar-refractivity contribution in [2.75, 3.05) is 24.5 Å². The Labute approximate surface area is 172 Å². The summed E-state index contributed by atoms with van der Waals surface area (Å²) in [5.41, 5.74) is 1.48. The predicted molar refractivity (Wildman–Crippen MR) is 115 cm³/mol. The lowest BCUT2D eigenvalue weighted by Crippen LogP contribution is -2.39. The number of halogens is 2. The van der Waals surface area contributed by atoms with Crippen molar-refractivity contribution in [2.24, 2.45) is 10.9 Å². The number of anilines is 1. The maximum absolute atomic E-state index is 14.5. The zero-order chi connectivity index (χ0) is 17.8. The molecule has 7 heteroatoms. The van der Waals surface area contributed by atoms with Gasteiger partial charge in [-0.1, -0.05) is 13.0 Å². The normalized spacial score (nSPS) is 23.4. The topological polar surface area (TPSA) is 59.9 Å². The van der Waals surface area contributed by atoms with E-state index in [0.717, 1.165) is 18.1 Å². The molecule has 0 spiro atoms. The zero-order valence-corrected chi connectivity index (χ0v) is 17.9. The van der Waals surface area contributed by atoms with Crippen LogP contribution < -0.4 is 15.5 Å². The number of aliphatic hydroxyl groups excluding tert-OH is 1. The summed E-state index contributed by atoms with van der Waals surface area (Å²) in [5.74, 6) is 1.29. The minimum atomic E-state index is -0.251. The lowest BCUT2D eigenvalue weighted by molar-refractivity contribution is 0.145. The largest absolute Gasteiger partial charge is 0.393 e. The van der Waals surface area contributed by atoms with Crippen molar-refractivity contribution < 1.29 is 9.50 Å². The van der Waals surface area contributed by atoms with E-state index in [4.69, 9.17) is 0 Å². The summed E-state index contributed by atoms with van der Waals surface area (Å²) in [7, 11) is 0. The van der Waals surface area contributed by atoms with Gasteiger partial charge in [0.05, 0.1) is 18.3 Å². The molecule has 1 aromatic carbocycles. The minimum absolute atomic E-state index is 0. The number of guanidine groups is 1. The second kappa shape index (κ2) is 9.73. The van der Waals surface area contributed by atoms with E-state index in [1.165, 1.54) is 6.42 Å². The molecule has 2 unspecified atom stereocenters. The molecular formula is C19H30FIN4O. The lowest BCUT2D eigenvalue weighted by Gasteiger charge is -2.31. The fraction of sp³-hybridized carbons (Fsp3) is 0.632. The van der Waals surface area contributed by atoms with Gasteiger partial charge in [-0.05, 0) is 49.8 Å². The van der Waals surface area contributed by atoms with Crippen molar-refractivity contribution in [3.05, 3.63) is 29.6 Å². The van der Waals surface area contributed by atoms with E-state index in [1.54, 1.807) is 6.07 Å². The summed E-state index contributed by atoms with van der Waals surface area (Å²) >= 11 is 0. The lowest BCUT2D eigenvalue weighted by atomic mass is 10.1. The van der Waals surface area contributed by atoms with Gasteiger partial charge >= 0.3 is 0 Å². The van der Waals surface area contributed by atoms with Crippen LogP contribution in [0.25, 0.3) is 0 Å². The number of hydrogen-bond donors (Lipinski definition) is 3. The van der Waals surface area contributed by atoms with E-state index in [1.807, 2.05) is 24.0 Å². The first-order valence-electron chi connectivity index (χ1n) is 9.33. The van der Waals surface area contributed by atoms with Crippen LogP contribution in [-0.2, 0) is 6.54 Å². The highest BCUT2D eigenvalue weighted by atomic mass is 127. The maximum atomic E-state index is 14.5. The molecule has 3 N–H and O–H groups in total. The van der Waals surface area contributed by atoms with E-state index in [-0.39, 0.29) is 35.9 Å². The molecule has 2 atom stereocenters. The van der Waals surface area contributed by atoms with Crippen molar-refractivity contribution in [1.29, 1.82) is 0 Å². The average Bonchev–Trinajstić information content (AvgIpc) is 3.29. The summed E-state index contributed by atoms with van der Waals surface area (Å²) in [6, 6.07) is 5.86. The Morgan fingerprint density at radius 2 is 2.04 bits per heavy atom. The number of aliphatic imine (C=N–C) groups is 1. The Hall–Kier alpha value is -1.09. The van der Waals surface area contributed by atoms with E-state index in [0.29, 0.717) is 50.1 Å². The van der Waals surface area contributed by atoms with Gasteiger partial charge in [0.15, 0.2) is 5.96 Å². The highest BCUT2D eigenvalue weighted by Gasteiger charge is 2.33. The van der Waals surface area contributed by atoms with Crippen LogP contribution in [0.5, 0.6) is 0 Å². The Balaban J connectivity index is 0.00000243. The Morgan fingerprint density at radius 3 is 2.62 bits per heavy atom. The highest BCUT2D eigenvalue weighted by Crippen LogP contribution is 2.29. The first-order chi connectivity index (χ1) is 12.1. The van der Waals surface area contributed by atoms with Crippen LogP contribution in [0.15, 0.2) is 23.2 Å². The van der Waals surface area contributed by atoms with Gasteiger partial charge in [0.1, 0.15) is 5.82 Å². The summed E-state index contributed by atoms with van der Waals surface area (Å²) in [4.78, 5) is 6.58. The molecule has 5 nitrogen and oxygen atoms in total. The molecule has 2 aliphatic rings. The van der Waals surface area contributed by atoms with Crippen LogP contribution in [0, 0.1) is 11.7 Å². The number of nitrogens with one attached hydrogen (secondary N) is 2. The van der Waals surface area contributed by atoms with Gasteiger partial charge in [-0.2, -0.15) is 0 Å². The van der Waals surface area contributed by atoms with Crippen LogP contribution in [0.1, 0.15) is 38.7 Å². The summed E-state index contributed by atoms with van der Waals surface area (Å²) in [6.07, 6.45) is 2.32. The maximum Gasteiger partial charge on any atom is 0.191 e. The summed E-state index contributed by atoms with van der Waals surface area (Å²) in [5, 5.41) is 16.2. The third-order valence-corrected chi connectivity index (χ3v) is 5.01. The molecule has 1 saturated carbocycles. The van der Waals surface area contributed by atoms with E-state index >= 15 is 0 Å². The Morgan fingerprint density at radius 1 is 1.35 bits per heavy atom. The number of aliphatic hydroxyl groups is 1. The molecule has 0 radical (unpaired) electrons. The second-order valence-electron chi connectivity index (χ2n) is 7.16. The standard InChI is InChI=1S/C19H29FN4O.HI/c1-3-21-19(23-17-10-13(17)2)22-12-14-4-5-18(16(20)11-14)24-8-6-15(25)7-9-24;/h4-5,11,13,15,17,25H,3,6-10,12H2,1-2H3,(H2,21,22,23);1H. The molecule has 1 aliphatic heterocycles. The van der Waals surface area contributed by atoms with Crippen molar-refractivity contribution in [2.45, 2.75) is 51.8 Å². The molecule has 3 rings (SSSR count). The van der Waals surface area contributed by atoms with Crippen LogP contribution >= 0.6 is 24.0 Å². The average molecular weight is 476 g/mol. The van der Waals surface area contributed by atoms with Crippen molar-refractivity contribution in [3.63, 3.8) is 0 Å². The first kappa shape index (κ1) is 21.2. The Kier molecular flexibility index (Phi) is 7.94. The second-order valence-corrected chi connectivity index (χ2v) is 7.16.